The second kappa shape index (κ2) is 7.92. The van der Waals surface area contributed by atoms with Crippen molar-refractivity contribution in [3.8, 4) is 0 Å². The van der Waals surface area contributed by atoms with Crippen LogP contribution in [0.4, 0.5) is 4.79 Å². The summed E-state index contributed by atoms with van der Waals surface area (Å²) in [5.41, 5.74) is 1.09. The molecule has 6 heteroatoms. The molecule has 0 radical (unpaired) electrons. The summed E-state index contributed by atoms with van der Waals surface area (Å²) < 4.78 is 5.80. The highest BCUT2D eigenvalue weighted by Gasteiger charge is 2.26. The number of ether oxygens (including phenoxy) is 1. The highest BCUT2D eigenvalue weighted by atomic mass is 32.1. The van der Waals surface area contributed by atoms with Crippen LogP contribution in [0.2, 0.25) is 0 Å². The molecular formula is C16H27N3O2S. The molecule has 2 amide bonds. The number of carbonyl (C=O) groups excluding carboxylic acids is 1. The number of rotatable bonds is 6. The highest BCUT2D eigenvalue weighted by molar-refractivity contribution is 7.11. The number of aromatic nitrogens is 1. The molecule has 22 heavy (non-hydrogen) atoms. The zero-order valence-electron chi connectivity index (χ0n) is 14.0. The quantitative estimate of drug-likeness (QED) is 0.875. The number of carbonyl (C=O) groups is 1. The molecule has 1 fully saturated rings. The third-order valence-electron chi connectivity index (χ3n) is 3.79. The fraction of sp³-hybridized carbons (Fsp3) is 0.750. The van der Waals surface area contributed by atoms with E-state index in [1.165, 1.54) is 4.88 Å². The zero-order valence-corrected chi connectivity index (χ0v) is 14.8. The van der Waals surface area contributed by atoms with Gasteiger partial charge in [-0.1, -0.05) is 13.8 Å². The lowest BCUT2D eigenvalue weighted by Gasteiger charge is -2.18. The number of likely N-dealkylation sites (tertiary alicyclic amines) is 1. The molecule has 2 heterocycles. The van der Waals surface area contributed by atoms with E-state index in [2.05, 4.69) is 31.1 Å². The third kappa shape index (κ3) is 4.95. The van der Waals surface area contributed by atoms with Crippen molar-refractivity contribution in [3.63, 3.8) is 0 Å². The molecule has 0 bridgehead atoms. The van der Waals surface area contributed by atoms with Crippen molar-refractivity contribution < 1.29 is 9.53 Å². The van der Waals surface area contributed by atoms with Crippen LogP contribution in [0.15, 0.2) is 0 Å². The van der Waals surface area contributed by atoms with Crippen molar-refractivity contribution >= 4 is 17.4 Å². The third-order valence-corrected chi connectivity index (χ3v) is 4.92. The molecule has 5 nitrogen and oxygen atoms in total. The summed E-state index contributed by atoms with van der Waals surface area (Å²) >= 11 is 1.71. The van der Waals surface area contributed by atoms with Crippen LogP contribution in [0.25, 0.3) is 0 Å². The van der Waals surface area contributed by atoms with E-state index in [4.69, 9.17) is 4.74 Å². The smallest absolute Gasteiger partial charge is 0.317 e. The lowest BCUT2D eigenvalue weighted by Crippen LogP contribution is -2.40. The van der Waals surface area contributed by atoms with Crippen LogP contribution in [0.3, 0.4) is 0 Å². The Labute approximate surface area is 137 Å². The van der Waals surface area contributed by atoms with Gasteiger partial charge in [-0.3, -0.25) is 0 Å². The highest BCUT2D eigenvalue weighted by Crippen LogP contribution is 2.17. The Balaban J connectivity index is 1.67. The maximum Gasteiger partial charge on any atom is 0.317 e. The number of thiazole rings is 1. The topological polar surface area (TPSA) is 54.5 Å². The molecule has 1 saturated heterocycles. The van der Waals surface area contributed by atoms with Gasteiger partial charge in [0.2, 0.25) is 0 Å². The molecule has 1 unspecified atom stereocenters. The second-order valence-corrected chi connectivity index (χ2v) is 7.60. The number of urea groups is 1. The largest absolute Gasteiger partial charge is 0.376 e. The van der Waals surface area contributed by atoms with E-state index < -0.39 is 0 Å². The van der Waals surface area contributed by atoms with Gasteiger partial charge in [0, 0.05) is 37.5 Å². The Morgan fingerprint density at radius 3 is 2.91 bits per heavy atom. The lowest BCUT2D eigenvalue weighted by molar-refractivity contribution is 0.0436. The molecule has 1 aromatic heterocycles. The van der Waals surface area contributed by atoms with Gasteiger partial charge in [-0.05, 0) is 26.2 Å². The summed E-state index contributed by atoms with van der Waals surface area (Å²) in [4.78, 5) is 19.7. The van der Waals surface area contributed by atoms with Gasteiger partial charge < -0.3 is 15.0 Å². The van der Waals surface area contributed by atoms with E-state index in [-0.39, 0.29) is 12.1 Å². The Morgan fingerprint density at radius 1 is 1.50 bits per heavy atom. The van der Waals surface area contributed by atoms with Gasteiger partial charge in [0.1, 0.15) is 0 Å². The minimum absolute atomic E-state index is 0.0145. The van der Waals surface area contributed by atoms with Crippen LogP contribution in [-0.4, -0.2) is 48.3 Å². The Hall–Kier alpha value is -1.14. The normalized spacial score (nSPS) is 18.2. The number of aryl methyl sites for hydroxylation is 2. The van der Waals surface area contributed by atoms with Gasteiger partial charge in [0.15, 0.2) is 0 Å². The summed E-state index contributed by atoms with van der Waals surface area (Å²) in [5, 5.41) is 4.08. The van der Waals surface area contributed by atoms with Crippen molar-refractivity contribution in [1.82, 2.24) is 15.2 Å². The summed E-state index contributed by atoms with van der Waals surface area (Å²) in [6.45, 7) is 11.3. The molecule has 2 rings (SSSR count). The van der Waals surface area contributed by atoms with Crippen LogP contribution < -0.4 is 5.32 Å². The zero-order chi connectivity index (χ0) is 16.1. The average molecular weight is 325 g/mol. The van der Waals surface area contributed by atoms with Crippen molar-refractivity contribution in [3.05, 3.63) is 15.6 Å². The molecule has 1 aliphatic heterocycles. The van der Waals surface area contributed by atoms with Crippen LogP contribution >= 0.6 is 11.3 Å². The van der Waals surface area contributed by atoms with E-state index in [0.29, 0.717) is 19.0 Å². The van der Waals surface area contributed by atoms with Gasteiger partial charge in [0.05, 0.1) is 16.8 Å². The summed E-state index contributed by atoms with van der Waals surface area (Å²) in [7, 11) is 0. The van der Waals surface area contributed by atoms with Crippen molar-refractivity contribution in [2.75, 3.05) is 26.2 Å². The van der Waals surface area contributed by atoms with E-state index in [1.54, 1.807) is 11.3 Å². The first-order valence-corrected chi connectivity index (χ1v) is 8.84. The first kappa shape index (κ1) is 17.2. The minimum Gasteiger partial charge on any atom is -0.376 e. The predicted octanol–water partition coefficient (Wildman–Crippen LogP) is 2.76. The maximum atomic E-state index is 12.1. The van der Waals surface area contributed by atoms with E-state index in [9.17, 15) is 4.79 Å². The van der Waals surface area contributed by atoms with E-state index in [0.717, 1.165) is 36.7 Å². The molecule has 1 N–H and O–H groups in total. The van der Waals surface area contributed by atoms with Crippen LogP contribution in [0, 0.1) is 19.8 Å². The number of nitrogens with one attached hydrogen (secondary N) is 1. The SMILES string of the molecule is Cc1nc(CCNC(=O)N2CCC(OCC(C)C)C2)sc1C. The molecule has 1 atom stereocenters. The molecule has 1 aromatic rings. The van der Waals surface area contributed by atoms with Gasteiger partial charge in [0.25, 0.3) is 0 Å². The monoisotopic (exact) mass is 325 g/mol. The molecule has 0 aliphatic carbocycles. The first-order valence-electron chi connectivity index (χ1n) is 8.03. The molecule has 0 saturated carbocycles. The average Bonchev–Trinajstić information content (AvgIpc) is 3.04. The molecule has 0 spiro atoms. The predicted molar refractivity (Wildman–Crippen MR) is 89.5 cm³/mol. The van der Waals surface area contributed by atoms with Crippen LogP contribution in [0.1, 0.15) is 35.8 Å². The summed E-state index contributed by atoms with van der Waals surface area (Å²) in [6, 6.07) is 0.0145. The fourth-order valence-corrected chi connectivity index (χ4v) is 3.34. The number of amides is 2. The van der Waals surface area contributed by atoms with Crippen LogP contribution in [-0.2, 0) is 11.2 Å². The summed E-state index contributed by atoms with van der Waals surface area (Å²) in [6.07, 6.45) is 1.93. The number of hydrogen-bond donors (Lipinski definition) is 1. The number of nitrogens with zero attached hydrogens (tertiary/aromatic N) is 2. The van der Waals surface area contributed by atoms with Gasteiger partial charge in [-0.25, -0.2) is 9.78 Å². The van der Waals surface area contributed by atoms with Gasteiger partial charge in [-0.2, -0.15) is 0 Å². The Bertz CT molecular complexity index is 482. The van der Waals surface area contributed by atoms with Gasteiger partial charge >= 0.3 is 6.03 Å². The fourth-order valence-electron chi connectivity index (χ4n) is 2.41. The van der Waals surface area contributed by atoms with E-state index >= 15 is 0 Å². The van der Waals surface area contributed by atoms with Crippen molar-refractivity contribution in [2.45, 2.75) is 46.6 Å². The number of hydrogen-bond acceptors (Lipinski definition) is 4. The molecule has 0 aromatic carbocycles. The molecule has 124 valence electrons. The maximum absolute atomic E-state index is 12.1. The lowest BCUT2D eigenvalue weighted by atomic mass is 10.2. The molecular weight excluding hydrogens is 298 g/mol. The molecule has 1 aliphatic rings. The van der Waals surface area contributed by atoms with Crippen molar-refractivity contribution in [1.29, 1.82) is 0 Å². The standard InChI is InChI=1S/C16H27N3O2S/c1-11(2)10-21-14-6-8-19(9-14)16(20)17-7-5-15-18-12(3)13(4)22-15/h11,14H,5-10H2,1-4H3,(H,17,20). The van der Waals surface area contributed by atoms with Gasteiger partial charge in [-0.15, -0.1) is 11.3 Å². The van der Waals surface area contributed by atoms with Crippen molar-refractivity contribution in [2.24, 2.45) is 5.92 Å². The van der Waals surface area contributed by atoms with Crippen LogP contribution in [0.5, 0.6) is 0 Å². The Kier molecular flexibility index (Phi) is 6.20. The van der Waals surface area contributed by atoms with E-state index in [1.807, 2.05) is 11.8 Å². The first-order chi connectivity index (χ1) is 10.5. The minimum atomic E-state index is 0.0145. The Morgan fingerprint density at radius 2 is 2.27 bits per heavy atom. The summed E-state index contributed by atoms with van der Waals surface area (Å²) in [5.74, 6) is 0.535. The second-order valence-electron chi connectivity index (χ2n) is 6.32.